The second kappa shape index (κ2) is 6.33. The number of hydrogen-bond acceptors (Lipinski definition) is 3. The van der Waals surface area contributed by atoms with E-state index < -0.39 is 5.97 Å². The Hall–Kier alpha value is -1.39. The predicted molar refractivity (Wildman–Crippen MR) is 46.2 cm³/mol. The summed E-state index contributed by atoms with van der Waals surface area (Å²) >= 11 is 0. The number of aliphatic carboxylic acids is 1. The summed E-state index contributed by atoms with van der Waals surface area (Å²) in [6, 6.07) is 9.13. The SMILES string of the molecule is NN.O=C(O)Cc1ccccc1. The molecule has 0 aromatic heterocycles. The molecule has 66 valence electrons. The molecule has 0 unspecified atom stereocenters. The van der Waals surface area contributed by atoms with E-state index in [-0.39, 0.29) is 6.42 Å². The average molecular weight is 168 g/mol. The van der Waals surface area contributed by atoms with Crippen LogP contribution in [0, 0.1) is 0 Å². The third kappa shape index (κ3) is 4.43. The first-order chi connectivity index (χ1) is 5.79. The minimum Gasteiger partial charge on any atom is -0.481 e. The Morgan fingerprint density at radius 3 is 2.17 bits per heavy atom. The van der Waals surface area contributed by atoms with E-state index in [9.17, 15) is 4.79 Å². The van der Waals surface area contributed by atoms with Gasteiger partial charge in [0.25, 0.3) is 0 Å². The van der Waals surface area contributed by atoms with Gasteiger partial charge in [0.15, 0.2) is 0 Å². The van der Waals surface area contributed by atoms with E-state index >= 15 is 0 Å². The second-order valence-corrected chi connectivity index (χ2v) is 2.06. The summed E-state index contributed by atoms with van der Waals surface area (Å²) in [5.41, 5.74) is 0.843. The van der Waals surface area contributed by atoms with Crippen molar-refractivity contribution < 1.29 is 9.90 Å². The number of hydrogen-bond donors (Lipinski definition) is 3. The first-order valence-corrected chi connectivity index (χ1v) is 3.38. The topological polar surface area (TPSA) is 89.3 Å². The van der Waals surface area contributed by atoms with Gasteiger partial charge in [-0.1, -0.05) is 30.3 Å². The van der Waals surface area contributed by atoms with Crippen LogP contribution in [0.3, 0.4) is 0 Å². The molecular weight excluding hydrogens is 156 g/mol. The zero-order valence-corrected chi connectivity index (χ0v) is 6.60. The molecule has 0 saturated heterocycles. The molecular formula is C8H12N2O2. The van der Waals surface area contributed by atoms with Gasteiger partial charge >= 0.3 is 5.97 Å². The predicted octanol–water partition coefficient (Wildman–Crippen LogP) is 0.133. The Morgan fingerprint density at radius 2 is 1.75 bits per heavy atom. The van der Waals surface area contributed by atoms with Crippen LogP contribution >= 0.6 is 0 Å². The van der Waals surface area contributed by atoms with Crippen LogP contribution < -0.4 is 11.7 Å². The van der Waals surface area contributed by atoms with E-state index in [4.69, 9.17) is 5.11 Å². The van der Waals surface area contributed by atoms with Crippen molar-refractivity contribution in [3.8, 4) is 0 Å². The summed E-state index contributed by atoms with van der Waals surface area (Å²) in [6.07, 6.45) is 0.112. The molecule has 0 aliphatic rings. The molecule has 0 bridgehead atoms. The van der Waals surface area contributed by atoms with E-state index in [1.165, 1.54) is 0 Å². The van der Waals surface area contributed by atoms with Gasteiger partial charge in [-0.15, -0.1) is 0 Å². The highest BCUT2D eigenvalue weighted by Crippen LogP contribution is 1.98. The summed E-state index contributed by atoms with van der Waals surface area (Å²) in [6.45, 7) is 0. The van der Waals surface area contributed by atoms with Crippen molar-refractivity contribution in [3.05, 3.63) is 35.9 Å². The highest BCUT2D eigenvalue weighted by Gasteiger charge is 1.96. The van der Waals surface area contributed by atoms with Crippen LogP contribution in [-0.2, 0) is 11.2 Å². The highest BCUT2D eigenvalue weighted by molar-refractivity contribution is 5.70. The van der Waals surface area contributed by atoms with E-state index in [0.717, 1.165) is 5.56 Å². The van der Waals surface area contributed by atoms with E-state index in [1.807, 2.05) is 18.2 Å². The number of carboxylic acids is 1. The smallest absolute Gasteiger partial charge is 0.307 e. The van der Waals surface area contributed by atoms with Gasteiger partial charge < -0.3 is 5.11 Å². The largest absolute Gasteiger partial charge is 0.481 e. The normalized spacial score (nSPS) is 8.17. The highest BCUT2D eigenvalue weighted by atomic mass is 16.4. The standard InChI is InChI=1S/C8H8O2.H4N2/c9-8(10)6-7-4-2-1-3-5-7;1-2/h1-5H,6H2,(H,9,10);1-2H2. The van der Waals surface area contributed by atoms with Crippen molar-refractivity contribution in [2.45, 2.75) is 6.42 Å². The molecule has 4 heteroatoms. The summed E-state index contributed by atoms with van der Waals surface area (Å²) in [7, 11) is 0. The van der Waals surface area contributed by atoms with Crippen LogP contribution in [0.4, 0.5) is 0 Å². The lowest BCUT2D eigenvalue weighted by atomic mass is 10.2. The number of carbonyl (C=O) groups is 1. The van der Waals surface area contributed by atoms with Crippen LogP contribution in [0.25, 0.3) is 0 Å². The van der Waals surface area contributed by atoms with Crippen molar-refractivity contribution in [3.63, 3.8) is 0 Å². The zero-order valence-electron chi connectivity index (χ0n) is 6.60. The minimum atomic E-state index is -0.786. The molecule has 5 N–H and O–H groups in total. The number of rotatable bonds is 2. The maximum Gasteiger partial charge on any atom is 0.307 e. The molecule has 0 fully saturated rings. The molecule has 1 rings (SSSR count). The minimum absolute atomic E-state index is 0.112. The molecule has 4 nitrogen and oxygen atoms in total. The first-order valence-electron chi connectivity index (χ1n) is 3.38. The molecule has 0 amide bonds. The van der Waals surface area contributed by atoms with Gasteiger partial charge in [0, 0.05) is 0 Å². The summed E-state index contributed by atoms with van der Waals surface area (Å²) in [5.74, 6) is 7.21. The van der Waals surface area contributed by atoms with Crippen molar-refractivity contribution in [1.29, 1.82) is 0 Å². The van der Waals surface area contributed by atoms with Crippen LogP contribution in [0.1, 0.15) is 5.56 Å². The van der Waals surface area contributed by atoms with Gasteiger partial charge in [0.2, 0.25) is 0 Å². The van der Waals surface area contributed by atoms with Gasteiger partial charge in [-0.25, -0.2) is 0 Å². The van der Waals surface area contributed by atoms with Gasteiger partial charge in [-0.05, 0) is 5.56 Å². The Bertz CT molecular complexity index is 224. The van der Waals surface area contributed by atoms with Crippen molar-refractivity contribution >= 4 is 5.97 Å². The fourth-order valence-electron chi connectivity index (χ4n) is 0.770. The van der Waals surface area contributed by atoms with E-state index in [1.54, 1.807) is 12.1 Å². The van der Waals surface area contributed by atoms with Crippen LogP contribution in [0.15, 0.2) is 30.3 Å². The maximum atomic E-state index is 10.2. The van der Waals surface area contributed by atoms with Crippen LogP contribution in [0.5, 0.6) is 0 Å². The molecule has 1 aromatic rings. The monoisotopic (exact) mass is 168 g/mol. The Labute approximate surface area is 70.8 Å². The fourth-order valence-corrected chi connectivity index (χ4v) is 0.770. The zero-order chi connectivity index (χ0) is 9.40. The second-order valence-electron chi connectivity index (χ2n) is 2.06. The summed E-state index contributed by atoms with van der Waals surface area (Å²) in [5, 5.41) is 8.37. The van der Waals surface area contributed by atoms with Crippen LogP contribution in [-0.4, -0.2) is 11.1 Å². The number of nitrogens with two attached hydrogens (primary N) is 2. The number of benzene rings is 1. The van der Waals surface area contributed by atoms with Crippen molar-refractivity contribution in [2.75, 3.05) is 0 Å². The average Bonchev–Trinajstić information content (AvgIpc) is 2.08. The molecule has 0 saturated carbocycles. The molecule has 0 heterocycles. The molecule has 0 aliphatic carbocycles. The Kier molecular flexibility index (Phi) is 5.60. The molecule has 1 aromatic carbocycles. The third-order valence-electron chi connectivity index (χ3n) is 1.20. The molecule has 12 heavy (non-hydrogen) atoms. The van der Waals surface area contributed by atoms with Crippen LogP contribution in [0.2, 0.25) is 0 Å². The lowest BCUT2D eigenvalue weighted by Crippen LogP contribution is -2.02. The van der Waals surface area contributed by atoms with E-state index in [2.05, 4.69) is 11.7 Å². The lowest BCUT2D eigenvalue weighted by molar-refractivity contribution is -0.136. The van der Waals surface area contributed by atoms with Gasteiger partial charge in [0.1, 0.15) is 0 Å². The fraction of sp³-hybridized carbons (Fsp3) is 0.125. The molecule has 0 atom stereocenters. The molecule has 0 aliphatic heterocycles. The van der Waals surface area contributed by atoms with Gasteiger partial charge in [-0.3, -0.25) is 16.5 Å². The third-order valence-corrected chi connectivity index (χ3v) is 1.20. The summed E-state index contributed by atoms with van der Waals surface area (Å²) in [4.78, 5) is 10.2. The van der Waals surface area contributed by atoms with Gasteiger partial charge in [0.05, 0.1) is 6.42 Å². The first kappa shape index (κ1) is 10.6. The number of hydrazine groups is 1. The Balaban J connectivity index is 0.000000561. The lowest BCUT2D eigenvalue weighted by Gasteiger charge is -1.92. The van der Waals surface area contributed by atoms with Crippen molar-refractivity contribution in [2.24, 2.45) is 11.7 Å². The molecule has 0 radical (unpaired) electrons. The Morgan fingerprint density at radius 1 is 1.25 bits per heavy atom. The van der Waals surface area contributed by atoms with Gasteiger partial charge in [-0.2, -0.15) is 0 Å². The quantitative estimate of drug-likeness (QED) is 0.432. The van der Waals surface area contributed by atoms with Crippen molar-refractivity contribution in [1.82, 2.24) is 0 Å². The number of carboxylic acid groups (broad SMARTS) is 1. The summed E-state index contributed by atoms with van der Waals surface area (Å²) < 4.78 is 0. The molecule has 0 spiro atoms. The van der Waals surface area contributed by atoms with E-state index in [0.29, 0.717) is 0 Å². The maximum absolute atomic E-state index is 10.2.